The largest absolute Gasteiger partial charge is 0.416 e. The highest BCUT2D eigenvalue weighted by molar-refractivity contribution is 7.09. The minimum Gasteiger partial charge on any atom is -0.391 e. The minimum absolute atomic E-state index is 0.122. The third-order valence-corrected chi connectivity index (χ3v) is 7.28. The zero-order valence-corrected chi connectivity index (χ0v) is 21.5. The fourth-order valence-electron chi connectivity index (χ4n) is 4.42. The number of ether oxygens (including phenoxy) is 1. The van der Waals surface area contributed by atoms with Crippen LogP contribution < -0.4 is 4.74 Å². The van der Waals surface area contributed by atoms with Crippen molar-refractivity contribution >= 4 is 29.2 Å². The summed E-state index contributed by atoms with van der Waals surface area (Å²) in [7, 11) is 0. The summed E-state index contributed by atoms with van der Waals surface area (Å²) in [5.41, 5.74) is 1.73. The molecule has 188 valence electrons. The molecule has 0 atom stereocenters. The second-order valence-electron chi connectivity index (χ2n) is 10.0. The molecule has 2 aliphatic heterocycles. The van der Waals surface area contributed by atoms with E-state index in [1.54, 1.807) is 28.5 Å². The van der Waals surface area contributed by atoms with Crippen molar-refractivity contribution in [3.05, 3.63) is 40.0 Å². The number of likely N-dealkylation sites (tertiary alicyclic amines) is 1. The van der Waals surface area contributed by atoms with Gasteiger partial charge in [-0.05, 0) is 24.3 Å². The topological polar surface area (TPSA) is 95.9 Å². The molecule has 0 saturated carbocycles. The predicted octanol–water partition coefficient (Wildman–Crippen LogP) is 2.92. The van der Waals surface area contributed by atoms with Crippen LogP contribution in [0.4, 0.5) is 4.79 Å². The maximum Gasteiger partial charge on any atom is 0.416 e. The van der Waals surface area contributed by atoms with Gasteiger partial charge in [-0.15, -0.1) is 11.3 Å². The summed E-state index contributed by atoms with van der Waals surface area (Å²) in [5.74, 6) is -0.00174. The lowest BCUT2D eigenvalue weighted by atomic mass is 9.81. The monoisotopic (exact) mass is 499 g/mol. The van der Waals surface area contributed by atoms with Crippen molar-refractivity contribution in [1.82, 2.24) is 24.7 Å². The van der Waals surface area contributed by atoms with E-state index in [0.717, 1.165) is 42.3 Å². The Morgan fingerprint density at radius 1 is 1.06 bits per heavy atom. The first kappa shape index (κ1) is 25.2. The van der Waals surface area contributed by atoms with Gasteiger partial charge >= 0.3 is 6.09 Å². The number of aryl methyl sites for hydroxylation is 1. The van der Waals surface area contributed by atoms with Gasteiger partial charge in [-0.2, -0.15) is 0 Å². The molecule has 0 radical (unpaired) electrons. The number of carbonyl (C=O) groups excluding carboxylic acids is 3. The summed E-state index contributed by atoms with van der Waals surface area (Å²) in [6.45, 7) is 9.99. The lowest BCUT2D eigenvalue weighted by molar-refractivity contribution is -0.152. The highest BCUT2D eigenvalue weighted by atomic mass is 32.1. The van der Waals surface area contributed by atoms with E-state index >= 15 is 0 Å². The van der Waals surface area contributed by atoms with Gasteiger partial charge in [-0.1, -0.05) is 19.9 Å². The van der Waals surface area contributed by atoms with Crippen LogP contribution in [0.1, 0.15) is 43.0 Å². The Morgan fingerprint density at radius 2 is 1.77 bits per heavy atom. The number of pyridine rings is 1. The number of piperidine rings is 1. The molecule has 2 aromatic rings. The van der Waals surface area contributed by atoms with Crippen LogP contribution in [0.3, 0.4) is 0 Å². The van der Waals surface area contributed by atoms with Gasteiger partial charge in [0.2, 0.25) is 17.7 Å². The fourth-order valence-corrected chi connectivity index (χ4v) is 5.07. The third kappa shape index (κ3) is 6.85. The average Bonchev–Trinajstić information content (AvgIpc) is 3.23. The second kappa shape index (κ2) is 10.8. The highest BCUT2D eigenvalue weighted by Gasteiger charge is 2.37. The zero-order chi connectivity index (χ0) is 25.0. The van der Waals surface area contributed by atoms with Crippen LogP contribution in [-0.4, -0.2) is 81.8 Å². The first-order valence-electron chi connectivity index (χ1n) is 12.1. The molecule has 0 aliphatic carbocycles. The smallest absolute Gasteiger partial charge is 0.391 e. The van der Waals surface area contributed by atoms with Gasteiger partial charge in [-0.3, -0.25) is 19.4 Å². The molecule has 0 N–H and O–H groups in total. The van der Waals surface area contributed by atoms with Crippen LogP contribution in [0, 0.1) is 12.3 Å². The first-order valence-corrected chi connectivity index (χ1v) is 12.9. The van der Waals surface area contributed by atoms with Gasteiger partial charge in [0.05, 0.1) is 10.7 Å². The molecular formula is C25H33N5O4S. The third-order valence-electron chi connectivity index (χ3n) is 6.46. The van der Waals surface area contributed by atoms with Gasteiger partial charge < -0.3 is 9.64 Å². The van der Waals surface area contributed by atoms with Crippen LogP contribution in [0.2, 0.25) is 0 Å². The molecule has 0 spiro atoms. The first-order chi connectivity index (χ1) is 16.7. The van der Waals surface area contributed by atoms with Crippen LogP contribution >= 0.6 is 11.3 Å². The summed E-state index contributed by atoms with van der Waals surface area (Å²) in [6, 6.07) is 3.47. The lowest BCUT2D eigenvalue weighted by Crippen LogP contribution is -2.50. The molecule has 0 unspecified atom stereocenters. The summed E-state index contributed by atoms with van der Waals surface area (Å²) in [4.78, 5) is 51.3. The van der Waals surface area contributed by atoms with Gasteiger partial charge in [0.15, 0.2) is 0 Å². The van der Waals surface area contributed by atoms with Crippen LogP contribution in [0.15, 0.2) is 23.7 Å². The van der Waals surface area contributed by atoms with Gasteiger partial charge in [-0.25, -0.2) is 14.8 Å². The Labute approximate surface area is 210 Å². The Balaban J connectivity index is 1.19. The SMILES string of the molecule is Cc1nc(CCN2CCN(C(=O)Oc3ccc(CCN4C(=O)CC(C)(C)CC4=O)cn3)CC2)cs1. The Morgan fingerprint density at radius 3 is 2.37 bits per heavy atom. The molecule has 0 aromatic carbocycles. The van der Waals surface area contributed by atoms with Crippen molar-refractivity contribution in [3.63, 3.8) is 0 Å². The number of aromatic nitrogens is 2. The molecule has 9 nitrogen and oxygen atoms in total. The van der Waals surface area contributed by atoms with E-state index in [1.165, 1.54) is 4.90 Å². The molecule has 0 bridgehead atoms. The van der Waals surface area contributed by atoms with Gasteiger partial charge in [0.1, 0.15) is 0 Å². The standard InChI is InChI=1S/C25H33N5O4S/c1-18-27-20(17-35-18)7-8-28-10-12-29(13-11-28)24(33)34-21-5-4-19(16-26-21)6-9-30-22(31)14-25(2,3)15-23(30)32/h4-5,16-17H,6-15H2,1-3H3. The Bertz CT molecular complexity index is 1040. The van der Waals surface area contributed by atoms with E-state index < -0.39 is 6.09 Å². The Hall–Kier alpha value is -2.85. The van der Waals surface area contributed by atoms with Crippen LogP contribution in [-0.2, 0) is 22.4 Å². The van der Waals surface area contributed by atoms with Gasteiger partial charge in [0.25, 0.3) is 0 Å². The maximum absolute atomic E-state index is 12.6. The fraction of sp³-hybridized carbons (Fsp3) is 0.560. The van der Waals surface area contributed by atoms with Crippen molar-refractivity contribution in [3.8, 4) is 5.88 Å². The molecule has 10 heteroatoms. The lowest BCUT2D eigenvalue weighted by Gasteiger charge is -2.34. The molecule has 2 fully saturated rings. The van der Waals surface area contributed by atoms with Crippen LogP contribution in [0.25, 0.3) is 0 Å². The molecule has 2 aromatic heterocycles. The number of piperazine rings is 1. The number of imide groups is 1. The van der Waals surface area contributed by atoms with Crippen molar-refractivity contribution in [1.29, 1.82) is 0 Å². The van der Waals surface area contributed by atoms with Crippen molar-refractivity contribution in [2.75, 3.05) is 39.3 Å². The van der Waals surface area contributed by atoms with E-state index in [1.807, 2.05) is 26.8 Å². The van der Waals surface area contributed by atoms with E-state index in [-0.39, 0.29) is 23.1 Å². The van der Waals surface area contributed by atoms with Crippen molar-refractivity contribution in [2.45, 2.75) is 46.5 Å². The molecule has 2 saturated heterocycles. The number of hydrogen-bond donors (Lipinski definition) is 0. The van der Waals surface area contributed by atoms with E-state index in [2.05, 4.69) is 20.2 Å². The molecule has 2 aliphatic rings. The second-order valence-corrected chi connectivity index (χ2v) is 11.1. The molecule has 4 rings (SSSR count). The number of carbonyl (C=O) groups is 3. The molecule has 4 heterocycles. The highest BCUT2D eigenvalue weighted by Crippen LogP contribution is 2.31. The summed E-state index contributed by atoms with van der Waals surface area (Å²) >= 11 is 1.67. The number of thiazole rings is 1. The number of rotatable bonds is 7. The maximum atomic E-state index is 12.6. The van der Waals surface area contributed by atoms with Crippen molar-refractivity contribution < 1.29 is 19.1 Å². The quantitative estimate of drug-likeness (QED) is 0.541. The summed E-state index contributed by atoms with van der Waals surface area (Å²) in [6.07, 6.45) is 3.43. The molecular weight excluding hydrogens is 466 g/mol. The van der Waals surface area contributed by atoms with Crippen molar-refractivity contribution in [2.24, 2.45) is 5.41 Å². The predicted molar refractivity (Wildman–Crippen MR) is 132 cm³/mol. The minimum atomic E-state index is -0.396. The van der Waals surface area contributed by atoms with E-state index in [0.29, 0.717) is 38.9 Å². The summed E-state index contributed by atoms with van der Waals surface area (Å²) < 4.78 is 5.46. The Kier molecular flexibility index (Phi) is 7.81. The number of nitrogens with zero attached hydrogens (tertiary/aromatic N) is 5. The number of amides is 3. The normalized spacial score (nSPS) is 18.7. The average molecular weight is 500 g/mol. The number of hydrogen-bond acceptors (Lipinski definition) is 8. The van der Waals surface area contributed by atoms with E-state index in [9.17, 15) is 14.4 Å². The molecule has 35 heavy (non-hydrogen) atoms. The zero-order valence-electron chi connectivity index (χ0n) is 20.7. The summed E-state index contributed by atoms with van der Waals surface area (Å²) in [5, 5.41) is 3.19. The molecule has 3 amide bonds. The van der Waals surface area contributed by atoms with Crippen LogP contribution in [0.5, 0.6) is 5.88 Å². The van der Waals surface area contributed by atoms with E-state index in [4.69, 9.17) is 4.74 Å². The van der Waals surface area contributed by atoms with Gasteiger partial charge in [0, 0.05) is 76.2 Å².